The summed E-state index contributed by atoms with van der Waals surface area (Å²) in [5.74, 6) is 0.715. The molecule has 0 radical (unpaired) electrons. The molecule has 7 nitrogen and oxygen atoms in total. The second-order valence-electron chi connectivity index (χ2n) is 6.92. The number of rotatable bonds is 4. The maximum Gasteiger partial charge on any atom is 0.321 e. The van der Waals surface area contributed by atoms with E-state index in [1.807, 2.05) is 0 Å². The third-order valence-electron chi connectivity index (χ3n) is 4.90. The van der Waals surface area contributed by atoms with Crippen molar-refractivity contribution in [3.8, 4) is 0 Å². The van der Waals surface area contributed by atoms with Gasteiger partial charge in [-0.05, 0) is 32.6 Å². The Balaban J connectivity index is 1.50. The lowest BCUT2D eigenvalue weighted by Gasteiger charge is -2.23. The normalized spacial score (nSPS) is 19.6. The summed E-state index contributed by atoms with van der Waals surface area (Å²) in [6.07, 6.45) is 9.91. The molecule has 0 unspecified atom stereocenters. The van der Waals surface area contributed by atoms with Crippen LogP contribution < -0.4 is 10.6 Å². The van der Waals surface area contributed by atoms with E-state index < -0.39 is 5.25 Å². The first-order valence-corrected chi connectivity index (χ1v) is 10.2. The molecule has 8 heteroatoms. The van der Waals surface area contributed by atoms with Gasteiger partial charge < -0.3 is 9.88 Å². The fourth-order valence-electron chi connectivity index (χ4n) is 3.44. The van der Waals surface area contributed by atoms with Gasteiger partial charge in [-0.3, -0.25) is 10.1 Å². The molecular weight excluding hydrogens is 338 g/mol. The zero-order valence-corrected chi connectivity index (χ0v) is 15.6. The number of fused-ring (bicyclic) bond motifs is 1. The fourth-order valence-corrected chi connectivity index (χ4v) is 4.33. The molecule has 2 N–H and O–H groups in total. The van der Waals surface area contributed by atoms with E-state index in [1.165, 1.54) is 24.6 Å². The van der Waals surface area contributed by atoms with E-state index in [-0.39, 0.29) is 18.0 Å². The Labute approximate surface area is 152 Å². The number of aromatic nitrogens is 3. The molecule has 138 valence electrons. The van der Waals surface area contributed by atoms with Crippen LogP contribution in [0.3, 0.4) is 0 Å². The Morgan fingerprint density at radius 2 is 1.88 bits per heavy atom. The van der Waals surface area contributed by atoms with Crippen LogP contribution in [0.2, 0.25) is 0 Å². The van der Waals surface area contributed by atoms with E-state index in [9.17, 15) is 9.59 Å². The first-order chi connectivity index (χ1) is 12.1. The molecule has 3 amide bonds. The highest BCUT2D eigenvalue weighted by Crippen LogP contribution is 2.25. The lowest BCUT2D eigenvalue weighted by molar-refractivity contribution is -0.119. The van der Waals surface area contributed by atoms with Crippen molar-refractivity contribution in [3.63, 3.8) is 0 Å². The molecule has 2 aliphatic rings. The zero-order valence-electron chi connectivity index (χ0n) is 14.8. The molecule has 1 aromatic heterocycles. The average molecular weight is 366 g/mol. The van der Waals surface area contributed by atoms with Crippen molar-refractivity contribution >= 4 is 23.7 Å². The number of imide groups is 1. The lowest BCUT2D eigenvalue weighted by atomic mass is 9.96. The Bertz CT molecular complexity index is 612. The first kappa shape index (κ1) is 18.2. The predicted molar refractivity (Wildman–Crippen MR) is 96.4 cm³/mol. The zero-order chi connectivity index (χ0) is 17.6. The molecule has 1 aromatic rings. The summed E-state index contributed by atoms with van der Waals surface area (Å²) in [6, 6.07) is -0.193. The van der Waals surface area contributed by atoms with E-state index in [0.29, 0.717) is 0 Å². The van der Waals surface area contributed by atoms with Gasteiger partial charge in [0.05, 0.1) is 5.25 Å². The third kappa shape index (κ3) is 4.96. The number of amides is 3. The molecule has 0 spiro atoms. The van der Waals surface area contributed by atoms with Gasteiger partial charge in [-0.2, -0.15) is 0 Å². The van der Waals surface area contributed by atoms with Crippen molar-refractivity contribution in [1.82, 2.24) is 25.4 Å². The Morgan fingerprint density at radius 1 is 1.12 bits per heavy atom. The van der Waals surface area contributed by atoms with E-state index in [1.54, 1.807) is 6.92 Å². The minimum Gasteiger partial charge on any atom is -0.335 e. The molecule has 25 heavy (non-hydrogen) atoms. The summed E-state index contributed by atoms with van der Waals surface area (Å²) in [7, 11) is 0. The van der Waals surface area contributed by atoms with E-state index in [0.717, 1.165) is 62.5 Å². The molecule has 1 fully saturated rings. The van der Waals surface area contributed by atoms with Crippen LogP contribution in [-0.4, -0.2) is 38.0 Å². The molecule has 1 aliphatic heterocycles. The van der Waals surface area contributed by atoms with Gasteiger partial charge in [0, 0.05) is 19.0 Å². The van der Waals surface area contributed by atoms with Gasteiger partial charge in [0.1, 0.15) is 5.82 Å². The number of hydrogen-bond donors (Lipinski definition) is 2. The quantitative estimate of drug-likeness (QED) is 0.801. The maximum atomic E-state index is 12.3. The monoisotopic (exact) mass is 365 g/mol. The molecule has 0 aromatic carbocycles. The molecule has 0 saturated heterocycles. The van der Waals surface area contributed by atoms with Gasteiger partial charge in [0.25, 0.3) is 0 Å². The summed E-state index contributed by atoms with van der Waals surface area (Å²) in [6.45, 7) is 2.70. The van der Waals surface area contributed by atoms with E-state index in [4.69, 9.17) is 0 Å². The number of nitrogens with one attached hydrogen (secondary N) is 2. The number of carbonyl (C=O) groups is 2. The smallest absolute Gasteiger partial charge is 0.321 e. The van der Waals surface area contributed by atoms with Crippen LogP contribution in [0.1, 0.15) is 64.1 Å². The topological polar surface area (TPSA) is 88.9 Å². The van der Waals surface area contributed by atoms with Crippen LogP contribution in [0.15, 0.2) is 5.16 Å². The lowest BCUT2D eigenvalue weighted by Crippen LogP contribution is -2.47. The molecule has 1 saturated carbocycles. The molecule has 3 rings (SSSR count). The van der Waals surface area contributed by atoms with Gasteiger partial charge in [0.2, 0.25) is 5.91 Å². The van der Waals surface area contributed by atoms with E-state index >= 15 is 0 Å². The highest BCUT2D eigenvalue weighted by molar-refractivity contribution is 8.00. The number of aryl methyl sites for hydroxylation is 1. The van der Waals surface area contributed by atoms with E-state index in [2.05, 4.69) is 25.4 Å². The van der Waals surface area contributed by atoms with Crippen LogP contribution in [0.25, 0.3) is 0 Å². The Hall–Kier alpha value is -1.57. The molecular formula is C17H27N5O2S. The van der Waals surface area contributed by atoms with Crippen molar-refractivity contribution in [2.24, 2.45) is 0 Å². The molecule has 2 heterocycles. The summed E-state index contributed by atoms with van der Waals surface area (Å²) < 4.78 is 2.11. The predicted octanol–water partition coefficient (Wildman–Crippen LogP) is 2.64. The SMILES string of the molecule is C[C@@H](Sc1nnc2n1CCCCC2)C(=O)NC(=O)NC1CCCCC1. The van der Waals surface area contributed by atoms with Crippen molar-refractivity contribution in [1.29, 1.82) is 0 Å². The summed E-state index contributed by atoms with van der Waals surface area (Å²) in [5, 5.41) is 14.2. The molecule has 1 aliphatic carbocycles. The van der Waals surface area contributed by atoms with Gasteiger partial charge in [0.15, 0.2) is 5.16 Å². The van der Waals surface area contributed by atoms with Gasteiger partial charge >= 0.3 is 6.03 Å². The largest absolute Gasteiger partial charge is 0.335 e. The van der Waals surface area contributed by atoms with Crippen molar-refractivity contribution in [3.05, 3.63) is 5.82 Å². The van der Waals surface area contributed by atoms with Crippen molar-refractivity contribution in [2.75, 3.05) is 0 Å². The number of urea groups is 1. The van der Waals surface area contributed by atoms with Crippen LogP contribution in [0.5, 0.6) is 0 Å². The fraction of sp³-hybridized carbons (Fsp3) is 0.765. The third-order valence-corrected chi connectivity index (χ3v) is 5.98. The van der Waals surface area contributed by atoms with Gasteiger partial charge in [-0.25, -0.2) is 4.79 Å². The highest BCUT2D eigenvalue weighted by atomic mass is 32.2. The number of thioether (sulfide) groups is 1. The molecule has 1 atom stereocenters. The van der Waals surface area contributed by atoms with Gasteiger partial charge in [-0.15, -0.1) is 10.2 Å². The van der Waals surface area contributed by atoms with Crippen LogP contribution in [0.4, 0.5) is 4.79 Å². The van der Waals surface area contributed by atoms with Crippen molar-refractivity contribution < 1.29 is 9.59 Å². The minimum atomic E-state index is -0.395. The standard InChI is InChI=1S/C17H27N5O2S/c1-12(15(23)19-16(24)18-13-8-4-2-5-9-13)25-17-21-20-14-10-6-3-7-11-22(14)17/h12-13H,2-11H2,1H3,(H2,18,19,23,24)/t12-/m1/s1. The summed E-state index contributed by atoms with van der Waals surface area (Å²) >= 11 is 1.37. The maximum absolute atomic E-state index is 12.3. The summed E-state index contributed by atoms with van der Waals surface area (Å²) in [5.41, 5.74) is 0. The van der Waals surface area contributed by atoms with Crippen LogP contribution in [-0.2, 0) is 17.8 Å². The minimum absolute atomic E-state index is 0.191. The van der Waals surface area contributed by atoms with Gasteiger partial charge in [-0.1, -0.05) is 37.4 Å². The summed E-state index contributed by atoms with van der Waals surface area (Å²) in [4.78, 5) is 24.3. The Kier molecular flexibility index (Phi) is 6.34. The average Bonchev–Trinajstić information content (AvgIpc) is 2.82. The number of hydrogen-bond acceptors (Lipinski definition) is 5. The first-order valence-electron chi connectivity index (χ1n) is 9.33. The highest BCUT2D eigenvalue weighted by Gasteiger charge is 2.23. The number of carbonyl (C=O) groups excluding carboxylic acids is 2. The van der Waals surface area contributed by atoms with Crippen LogP contribution >= 0.6 is 11.8 Å². The second-order valence-corrected chi connectivity index (χ2v) is 8.23. The number of nitrogens with zero attached hydrogens (tertiary/aromatic N) is 3. The molecule has 0 bridgehead atoms. The van der Waals surface area contributed by atoms with Crippen molar-refractivity contribution in [2.45, 2.75) is 87.7 Å². The Morgan fingerprint density at radius 3 is 2.68 bits per heavy atom. The second kappa shape index (κ2) is 8.69. The van der Waals surface area contributed by atoms with Crippen LogP contribution in [0, 0.1) is 0 Å².